The van der Waals surface area contributed by atoms with Crippen molar-refractivity contribution in [1.82, 2.24) is 4.90 Å². The number of nitrogens with zero attached hydrogens (tertiary/aromatic N) is 2. The van der Waals surface area contributed by atoms with Crippen LogP contribution in [-0.2, 0) is 4.79 Å². The van der Waals surface area contributed by atoms with Crippen molar-refractivity contribution >= 4 is 5.97 Å². The van der Waals surface area contributed by atoms with Gasteiger partial charge in [0, 0.05) is 6.54 Å². The van der Waals surface area contributed by atoms with Gasteiger partial charge in [0.15, 0.2) is 6.19 Å². The molecular formula is C7H8N2O2. The molecule has 1 aliphatic heterocycles. The zero-order chi connectivity index (χ0) is 8.27. The summed E-state index contributed by atoms with van der Waals surface area (Å²) in [6.45, 7) is 0.874. The maximum Gasteiger partial charge on any atom is 0.333 e. The Bertz CT molecular complexity index is 239. The number of carboxylic acid groups (broad SMARTS) is 1. The molecule has 0 atom stereocenters. The van der Waals surface area contributed by atoms with Crippen LogP contribution in [0.25, 0.3) is 0 Å². The lowest BCUT2D eigenvalue weighted by molar-refractivity contribution is -0.133. The molecule has 1 aliphatic rings. The lowest BCUT2D eigenvalue weighted by atomic mass is 10.1. The molecule has 0 saturated heterocycles. The molecule has 0 aromatic carbocycles. The molecule has 4 heteroatoms. The second kappa shape index (κ2) is 3.06. The van der Waals surface area contributed by atoms with E-state index in [1.54, 1.807) is 6.08 Å². The van der Waals surface area contributed by atoms with Crippen LogP contribution >= 0.6 is 0 Å². The highest BCUT2D eigenvalue weighted by Gasteiger charge is 2.15. The van der Waals surface area contributed by atoms with Crippen LogP contribution < -0.4 is 0 Å². The molecule has 0 fully saturated rings. The standard InChI is InChI=1S/C7H8N2O2/c8-5-9-3-1-2-6(4-9)7(10)11/h2H,1,3-4H2,(H,10,11). The molecule has 0 radical (unpaired) electrons. The van der Waals surface area contributed by atoms with Crippen molar-refractivity contribution in [2.75, 3.05) is 13.1 Å². The summed E-state index contributed by atoms with van der Waals surface area (Å²) in [5.41, 5.74) is 0.317. The Morgan fingerprint density at radius 2 is 2.55 bits per heavy atom. The Labute approximate surface area is 64.3 Å². The first-order valence-corrected chi connectivity index (χ1v) is 3.31. The Morgan fingerprint density at radius 1 is 1.82 bits per heavy atom. The molecule has 0 bridgehead atoms. The smallest absolute Gasteiger partial charge is 0.333 e. The first-order chi connectivity index (χ1) is 5.24. The fraction of sp³-hybridized carbons (Fsp3) is 0.429. The van der Waals surface area contributed by atoms with Gasteiger partial charge in [-0.2, -0.15) is 5.26 Å². The molecular weight excluding hydrogens is 144 g/mol. The predicted octanol–water partition coefficient (Wildman–Crippen LogP) is 0.184. The third-order valence-electron chi connectivity index (χ3n) is 1.57. The normalized spacial score (nSPS) is 17.0. The number of rotatable bonds is 1. The highest BCUT2D eigenvalue weighted by molar-refractivity contribution is 5.87. The van der Waals surface area contributed by atoms with Crippen molar-refractivity contribution < 1.29 is 9.90 Å². The molecule has 0 aromatic heterocycles. The van der Waals surface area contributed by atoms with Crippen molar-refractivity contribution in [3.63, 3.8) is 0 Å². The van der Waals surface area contributed by atoms with E-state index in [-0.39, 0.29) is 6.54 Å². The van der Waals surface area contributed by atoms with Crippen LogP contribution in [0.4, 0.5) is 0 Å². The summed E-state index contributed by atoms with van der Waals surface area (Å²) in [4.78, 5) is 11.8. The zero-order valence-corrected chi connectivity index (χ0v) is 5.95. The summed E-state index contributed by atoms with van der Waals surface area (Å²) in [5, 5.41) is 17.0. The van der Waals surface area contributed by atoms with Crippen molar-refractivity contribution in [1.29, 1.82) is 5.26 Å². The number of carbonyl (C=O) groups is 1. The molecule has 0 saturated carbocycles. The van der Waals surface area contributed by atoms with Gasteiger partial charge in [-0.05, 0) is 6.42 Å². The fourth-order valence-corrected chi connectivity index (χ4v) is 0.984. The van der Waals surface area contributed by atoms with Gasteiger partial charge in [-0.25, -0.2) is 4.79 Å². The van der Waals surface area contributed by atoms with Crippen LogP contribution in [0.5, 0.6) is 0 Å². The van der Waals surface area contributed by atoms with E-state index < -0.39 is 5.97 Å². The van der Waals surface area contributed by atoms with E-state index in [0.29, 0.717) is 18.5 Å². The lowest BCUT2D eigenvalue weighted by Gasteiger charge is -2.19. The largest absolute Gasteiger partial charge is 0.478 e. The van der Waals surface area contributed by atoms with E-state index >= 15 is 0 Å². The highest BCUT2D eigenvalue weighted by Crippen LogP contribution is 2.07. The average molecular weight is 152 g/mol. The third-order valence-corrected chi connectivity index (χ3v) is 1.57. The summed E-state index contributed by atoms with van der Waals surface area (Å²) in [5.74, 6) is -0.926. The molecule has 1 N–H and O–H groups in total. The molecule has 0 aromatic rings. The second-order valence-electron chi connectivity index (χ2n) is 2.34. The Morgan fingerprint density at radius 3 is 3.09 bits per heavy atom. The van der Waals surface area contributed by atoms with Crippen LogP contribution in [-0.4, -0.2) is 29.1 Å². The summed E-state index contributed by atoms with van der Waals surface area (Å²) >= 11 is 0. The third kappa shape index (κ3) is 1.71. The van der Waals surface area contributed by atoms with Gasteiger partial charge in [0.2, 0.25) is 0 Å². The monoisotopic (exact) mass is 152 g/mol. The first kappa shape index (κ1) is 7.61. The first-order valence-electron chi connectivity index (χ1n) is 3.31. The molecule has 11 heavy (non-hydrogen) atoms. The van der Waals surface area contributed by atoms with E-state index in [1.165, 1.54) is 4.90 Å². The number of aliphatic carboxylic acids is 1. The van der Waals surface area contributed by atoms with Gasteiger partial charge in [0.25, 0.3) is 0 Å². The average Bonchev–Trinajstić information content (AvgIpc) is 2.05. The minimum Gasteiger partial charge on any atom is -0.478 e. The lowest BCUT2D eigenvalue weighted by Crippen LogP contribution is -2.27. The maximum atomic E-state index is 10.4. The molecule has 0 amide bonds. The van der Waals surface area contributed by atoms with E-state index in [1.807, 2.05) is 6.19 Å². The van der Waals surface area contributed by atoms with Gasteiger partial charge < -0.3 is 10.0 Å². The molecule has 0 aliphatic carbocycles. The van der Waals surface area contributed by atoms with Crippen LogP contribution in [0.1, 0.15) is 6.42 Å². The predicted molar refractivity (Wildman–Crippen MR) is 37.5 cm³/mol. The van der Waals surface area contributed by atoms with Gasteiger partial charge in [-0.3, -0.25) is 0 Å². The molecule has 58 valence electrons. The molecule has 1 heterocycles. The molecule has 0 unspecified atom stereocenters. The summed E-state index contributed by atoms with van der Waals surface area (Å²) in [7, 11) is 0. The molecule has 4 nitrogen and oxygen atoms in total. The molecule has 0 spiro atoms. The van der Waals surface area contributed by atoms with Crippen molar-refractivity contribution in [2.45, 2.75) is 6.42 Å². The van der Waals surface area contributed by atoms with Crippen LogP contribution in [0.3, 0.4) is 0 Å². The van der Waals surface area contributed by atoms with Crippen molar-refractivity contribution in [3.05, 3.63) is 11.6 Å². The SMILES string of the molecule is N#CN1CCC=C(C(=O)O)C1. The van der Waals surface area contributed by atoms with Crippen molar-refractivity contribution in [3.8, 4) is 6.19 Å². The number of nitriles is 1. The Kier molecular flexibility index (Phi) is 2.12. The van der Waals surface area contributed by atoms with E-state index in [4.69, 9.17) is 10.4 Å². The Balaban J connectivity index is 2.64. The summed E-state index contributed by atoms with van der Waals surface area (Å²) < 4.78 is 0. The van der Waals surface area contributed by atoms with E-state index in [0.717, 1.165) is 0 Å². The Hall–Kier alpha value is -1.50. The highest BCUT2D eigenvalue weighted by atomic mass is 16.4. The quantitative estimate of drug-likeness (QED) is 0.544. The van der Waals surface area contributed by atoms with Gasteiger partial charge in [0.05, 0.1) is 12.1 Å². The van der Waals surface area contributed by atoms with Gasteiger partial charge in [0.1, 0.15) is 0 Å². The maximum absolute atomic E-state index is 10.4. The second-order valence-corrected chi connectivity index (χ2v) is 2.34. The fourth-order valence-electron chi connectivity index (χ4n) is 0.984. The van der Waals surface area contributed by atoms with Crippen LogP contribution in [0, 0.1) is 11.5 Å². The zero-order valence-electron chi connectivity index (χ0n) is 5.95. The topological polar surface area (TPSA) is 64.3 Å². The number of hydrogen-bond donors (Lipinski definition) is 1. The summed E-state index contributed by atoms with van der Waals surface area (Å²) in [6, 6.07) is 0. The van der Waals surface area contributed by atoms with Gasteiger partial charge in [-0.15, -0.1) is 0 Å². The minimum absolute atomic E-state index is 0.242. The minimum atomic E-state index is -0.926. The number of hydrogen-bond acceptors (Lipinski definition) is 3. The summed E-state index contributed by atoms with van der Waals surface area (Å²) in [6.07, 6.45) is 4.23. The van der Waals surface area contributed by atoms with Gasteiger partial charge in [-0.1, -0.05) is 6.08 Å². The molecule has 1 rings (SSSR count). The van der Waals surface area contributed by atoms with E-state index in [2.05, 4.69) is 0 Å². The van der Waals surface area contributed by atoms with Crippen LogP contribution in [0.2, 0.25) is 0 Å². The van der Waals surface area contributed by atoms with Gasteiger partial charge >= 0.3 is 5.97 Å². The van der Waals surface area contributed by atoms with Crippen molar-refractivity contribution in [2.24, 2.45) is 0 Å². The number of carboxylic acids is 1. The van der Waals surface area contributed by atoms with E-state index in [9.17, 15) is 4.79 Å². The van der Waals surface area contributed by atoms with Crippen LogP contribution in [0.15, 0.2) is 11.6 Å².